The standard InChI is InChI=1S/C11H15N3O2/c1-16-9-2-5-11(8-13,6-3-9)14-10(15)4-7-12/h9H,2-6H2,1H3,(H,14,15). The van der Waals surface area contributed by atoms with E-state index in [1.54, 1.807) is 13.2 Å². The van der Waals surface area contributed by atoms with E-state index in [1.165, 1.54) is 0 Å². The van der Waals surface area contributed by atoms with Gasteiger partial charge in [0.25, 0.3) is 0 Å². The molecule has 0 saturated heterocycles. The van der Waals surface area contributed by atoms with Gasteiger partial charge in [0.15, 0.2) is 0 Å². The van der Waals surface area contributed by atoms with Crippen molar-refractivity contribution in [2.75, 3.05) is 7.11 Å². The number of carbonyl (C=O) groups is 1. The van der Waals surface area contributed by atoms with Crippen LogP contribution < -0.4 is 5.32 Å². The van der Waals surface area contributed by atoms with E-state index in [1.807, 2.05) is 0 Å². The number of hydrogen-bond donors (Lipinski definition) is 1. The summed E-state index contributed by atoms with van der Waals surface area (Å²) in [6.07, 6.45) is 2.66. The molecule has 1 rings (SSSR count). The predicted molar refractivity (Wildman–Crippen MR) is 56.0 cm³/mol. The molecular formula is C11H15N3O2. The van der Waals surface area contributed by atoms with Gasteiger partial charge < -0.3 is 10.1 Å². The zero-order chi connectivity index (χ0) is 12.0. The number of carbonyl (C=O) groups excluding carboxylic acids is 1. The second-order valence-electron chi connectivity index (χ2n) is 4.01. The van der Waals surface area contributed by atoms with Gasteiger partial charge in [-0.2, -0.15) is 10.5 Å². The number of rotatable bonds is 3. The Kier molecular flexibility index (Phi) is 4.28. The van der Waals surface area contributed by atoms with Crippen molar-refractivity contribution in [3.8, 4) is 12.1 Å². The molecule has 16 heavy (non-hydrogen) atoms. The quantitative estimate of drug-likeness (QED) is 0.766. The lowest BCUT2D eigenvalue weighted by atomic mass is 9.81. The van der Waals surface area contributed by atoms with Gasteiger partial charge in [-0.25, -0.2) is 0 Å². The van der Waals surface area contributed by atoms with Crippen LogP contribution in [0.15, 0.2) is 0 Å². The Morgan fingerprint density at radius 3 is 2.56 bits per heavy atom. The normalized spacial score (nSPS) is 28.8. The van der Waals surface area contributed by atoms with Crippen LogP contribution in [0.1, 0.15) is 32.1 Å². The zero-order valence-electron chi connectivity index (χ0n) is 9.32. The maximum absolute atomic E-state index is 11.3. The van der Waals surface area contributed by atoms with Crippen molar-refractivity contribution in [2.45, 2.75) is 43.7 Å². The molecule has 1 saturated carbocycles. The summed E-state index contributed by atoms with van der Waals surface area (Å²) in [4.78, 5) is 11.3. The van der Waals surface area contributed by atoms with E-state index in [4.69, 9.17) is 15.3 Å². The third-order valence-electron chi connectivity index (χ3n) is 2.95. The van der Waals surface area contributed by atoms with Gasteiger partial charge in [-0.15, -0.1) is 0 Å². The Morgan fingerprint density at radius 1 is 1.50 bits per heavy atom. The molecule has 0 bridgehead atoms. The van der Waals surface area contributed by atoms with Gasteiger partial charge in [0.1, 0.15) is 12.0 Å². The lowest BCUT2D eigenvalue weighted by molar-refractivity contribution is -0.122. The molecule has 1 aliphatic rings. The summed E-state index contributed by atoms with van der Waals surface area (Å²) in [5.41, 5.74) is -0.803. The molecule has 0 aromatic rings. The fourth-order valence-electron chi connectivity index (χ4n) is 1.97. The number of nitrogens with one attached hydrogen (secondary N) is 1. The molecule has 0 radical (unpaired) electrons. The fourth-order valence-corrected chi connectivity index (χ4v) is 1.97. The predicted octanol–water partition coefficient (Wildman–Crippen LogP) is 0.868. The second-order valence-corrected chi connectivity index (χ2v) is 4.01. The van der Waals surface area contributed by atoms with Crippen LogP contribution in [-0.2, 0) is 9.53 Å². The van der Waals surface area contributed by atoms with Crippen molar-refractivity contribution in [2.24, 2.45) is 0 Å². The summed E-state index contributed by atoms with van der Waals surface area (Å²) in [5.74, 6) is -0.375. The smallest absolute Gasteiger partial charge is 0.235 e. The fraction of sp³-hybridized carbons (Fsp3) is 0.727. The van der Waals surface area contributed by atoms with Crippen LogP contribution in [0.2, 0.25) is 0 Å². The zero-order valence-corrected chi connectivity index (χ0v) is 9.32. The maximum Gasteiger partial charge on any atom is 0.235 e. The van der Waals surface area contributed by atoms with Crippen LogP contribution in [-0.4, -0.2) is 24.7 Å². The molecule has 1 amide bonds. The number of methoxy groups -OCH3 is 1. The maximum atomic E-state index is 11.3. The second kappa shape index (κ2) is 5.48. The van der Waals surface area contributed by atoms with Crippen molar-refractivity contribution in [3.63, 3.8) is 0 Å². The largest absolute Gasteiger partial charge is 0.381 e. The molecule has 0 spiro atoms. The number of nitriles is 2. The Bertz CT molecular complexity index is 332. The highest BCUT2D eigenvalue weighted by Gasteiger charge is 2.36. The first-order chi connectivity index (χ1) is 7.65. The lowest BCUT2D eigenvalue weighted by Crippen LogP contribution is -2.50. The van der Waals surface area contributed by atoms with Crippen molar-refractivity contribution in [1.82, 2.24) is 5.32 Å². The average Bonchev–Trinajstić information content (AvgIpc) is 2.30. The van der Waals surface area contributed by atoms with Crippen LogP contribution in [0.3, 0.4) is 0 Å². The SMILES string of the molecule is COC1CCC(C#N)(NC(=O)CC#N)CC1. The molecule has 1 fully saturated rings. The highest BCUT2D eigenvalue weighted by Crippen LogP contribution is 2.29. The molecule has 1 N–H and O–H groups in total. The minimum atomic E-state index is -0.803. The molecule has 1 aliphatic carbocycles. The van der Waals surface area contributed by atoms with Gasteiger partial charge in [-0.3, -0.25) is 4.79 Å². The number of nitrogens with zero attached hydrogens (tertiary/aromatic N) is 2. The number of amides is 1. The number of ether oxygens (including phenoxy) is 1. The molecule has 5 nitrogen and oxygen atoms in total. The van der Waals surface area contributed by atoms with Gasteiger partial charge >= 0.3 is 0 Å². The highest BCUT2D eigenvalue weighted by molar-refractivity contribution is 5.79. The van der Waals surface area contributed by atoms with Crippen LogP contribution in [0.4, 0.5) is 0 Å². The van der Waals surface area contributed by atoms with Crippen molar-refractivity contribution >= 4 is 5.91 Å². The molecular weight excluding hydrogens is 206 g/mol. The Morgan fingerprint density at radius 2 is 2.12 bits per heavy atom. The summed E-state index contributed by atoms with van der Waals surface area (Å²) in [5, 5.41) is 20.2. The lowest BCUT2D eigenvalue weighted by Gasteiger charge is -2.34. The monoisotopic (exact) mass is 221 g/mol. The topological polar surface area (TPSA) is 85.9 Å². The number of hydrogen-bond acceptors (Lipinski definition) is 4. The summed E-state index contributed by atoms with van der Waals surface area (Å²) < 4.78 is 5.21. The van der Waals surface area contributed by atoms with Crippen LogP contribution in [0.5, 0.6) is 0 Å². The van der Waals surface area contributed by atoms with Gasteiger partial charge in [-0.05, 0) is 25.7 Å². The van der Waals surface area contributed by atoms with Crippen LogP contribution >= 0.6 is 0 Å². The van der Waals surface area contributed by atoms with E-state index in [-0.39, 0.29) is 18.4 Å². The summed E-state index contributed by atoms with van der Waals surface area (Å²) in [7, 11) is 1.65. The first-order valence-electron chi connectivity index (χ1n) is 5.28. The molecule has 0 aromatic carbocycles. The van der Waals surface area contributed by atoms with Gasteiger partial charge in [0.05, 0.1) is 18.2 Å². The summed E-state index contributed by atoms with van der Waals surface area (Å²) >= 11 is 0. The van der Waals surface area contributed by atoms with Crippen LogP contribution in [0, 0.1) is 22.7 Å². The first kappa shape index (κ1) is 12.5. The Balaban J connectivity index is 2.57. The van der Waals surface area contributed by atoms with E-state index < -0.39 is 5.54 Å². The van der Waals surface area contributed by atoms with E-state index in [0.29, 0.717) is 12.8 Å². The van der Waals surface area contributed by atoms with Crippen molar-refractivity contribution < 1.29 is 9.53 Å². The Labute approximate surface area is 95.0 Å². The third-order valence-corrected chi connectivity index (χ3v) is 2.95. The molecule has 5 heteroatoms. The van der Waals surface area contributed by atoms with E-state index in [2.05, 4.69) is 11.4 Å². The molecule has 0 aromatic heterocycles. The van der Waals surface area contributed by atoms with E-state index in [0.717, 1.165) is 12.8 Å². The molecule has 0 unspecified atom stereocenters. The van der Waals surface area contributed by atoms with Gasteiger partial charge in [0.2, 0.25) is 5.91 Å². The third kappa shape index (κ3) is 2.95. The first-order valence-corrected chi connectivity index (χ1v) is 5.28. The van der Waals surface area contributed by atoms with Gasteiger partial charge in [0, 0.05) is 7.11 Å². The van der Waals surface area contributed by atoms with E-state index >= 15 is 0 Å². The van der Waals surface area contributed by atoms with Crippen molar-refractivity contribution in [1.29, 1.82) is 10.5 Å². The summed E-state index contributed by atoms with van der Waals surface area (Å²) in [6.45, 7) is 0. The van der Waals surface area contributed by atoms with Crippen molar-refractivity contribution in [3.05, 3.63) is 0 Å². The highest BCUT2D eigenvalue weighted by atomic mass is 16.5. The summed E-state index contributed by atoms with van der Waals surface area (Å²) in [6, 6.07) is 3.93. The average molecular weight is 221 g/mol. The molecule has 0 aliphatic heterocycles. The van der Waals surface area contributed by atoms with Crippen LogP contribution in [0.25, 0.3) is 0 Å². The Hall–Kier alpha value is -1.59. The minimum absolute atomic E-state index is 0.175. The molecule has 0 atom stereocenters. The minimum Gasteiger partial charge on any atom is -0.381 e. The van der Waals surface area contributed by atoms with Gasteiger partial charge in [-0.1, -0.05) is 0 Å². The molecule has 86 valence electrons. The molecule has 0 heterocycles. The van der Waals surface area contributed by atoms with E-state index in [9.17, 15) is 4.79 Å².